The first-order valence-electron chi connectivity index (χ1n) is 1.46. The molecular weight excluding hydrogens is 125 g/mol. The molecule has 0 aromatic carbocycles. The molecule has 2 heteroatoms. The molecule has 0 radical (unpaired) electrons. The molecule has 0 aliphatic rings. The Kier molecular flexibility index (Phi) is 4.15. The Morgan fingerprint density at radius 3 is 2.60 bits per heavy atom. The van der Waals surface area contributed by atoms with Crippen LogP contribution in [0.15, 0.2) is 12.7 Å². The molecule has 1 nitrogen and oxygen atoms in total. The van der Waals surface area contributed by atoms with E-state index in [0.29, 0.717) is 0 Å². The van der Waals surface area contributed by atoms with Crippen LogP contribution in [0.25, 0.3) is 0 Å². The van der Waals surface area contributed by atoms with Gasteiger partial charge in [0, 0.05) is 0 Å². The zero-order valence-electron chi connectivity index (χ0n) is 2.98. The van der Waals surface area contributed by atoms with Crippen molar-refractivity contribution < 1.29 is 3.78 Å². The van der Waals surface area contributed by atoms with E-state index < -0.39 is 15.4 Å². The summed E-state index contributed by atoms with van der Waals surface area (Å²) in [5.41, 5.74) is 0. The summed E-state index contributed by atoms with van der Waals surface area (Å²) >= 11 is -1.07. The maximum absolute atomic E-state index is 9.61. The Morgan fingerprint density at radius 2 is 2.60 bits per heavy atom. The molecule has 0 heterocycles. The monoisotopic (exact) mass is 132 g/mol. The molecule has 0 aliphatic heterocycles. The summed E-state index contributed by atoms with van der Waals surface area (Å²) in [4.78, 5) is 0. The SMILES string of the molecule is C=C[CH2][GeH]=[O]. The van der Waals surface area contributed by atoms with E-state index in [1.54, 1.807) is 6.08 Å². The zero-order valence-corrected chi connectivity index (χ0v) is 5.40. The quantitative estimate of drug-likeness (QED) is 0.390. The van der Waals surface area contributed by atoms with Crippen LogP contribution in [0.3, 0.4) is 0 Å². The summed E-state index contributed by atoms with van der Waals surface area (Å²) < 4.78 is 9.61. The van der Waals surface area contributed by atoms with E-state index in [0.717, 1.165) is 5.25 Å². The van der Waals surface area contributed by atoms with Crippen LogP contribution < -0.4 is 0 Å². The second-order valence-corrected chi connectivity index (χ2v) is 2.38. The molecule has 0 unspecified atom stereocenters. The van der Waals surface area contributed by atoms with Crippen molar-refractivity contribution in [3.05, 3.63) is 12.7 Å². The van der Waals surface area contributed by atoms with E-state index in [1.807, 2.05) is 0 Å². The molecular formula is C3H6GeO. The molecule has 0 bridgehead atoms. The van der Waals surface area contributed by atoms with E-state index in [2.05, 4.69) is 6.58 Å². The molecule has 0 spiro atoms. The van der Waals surface area contributed by atoms with E-state index in [-0.39, 0.29) is 0 Å². The molecule has 0 atom stereocenters. The third-order valence-corrected chi connectivity index (χ3v) is 1.37. The van der Waals surface area contributed by atoms with Gasteiger partial charge in [0.2, 0.25) is 0 Å². The predicted octanol–water partition coefficient (Wildman–Crippen LogP) is 0.373. The first-order chi connectivity index (χ1) is 2.41. The number of allylic oxidation sites excluding steroid dienone is 1. The summed E-state index contributed by atoms with van der Waals surface area (Å²) in [5, 5.41) is 0.753. The van der Waals surface area contributed by atoms with Gasteiger partial charge in [0.05, 0.1) is 0 Å². The molecule has 0 N–H and O–H groups in total. The van der Waals surface area contributed by atoms with E-state index in [1.165, 1.54) is 0 Å². The Bertz CT molecular complexity index is 36.2. The van der Waals surface area contributed by atoms with Crippen LogP contribution in [-0.2, 0) is 3.78 Å². The van der Waals surface area contributed by atoms with Gasteiger partial charge in [0.1, 0.15) is 0 Å². The summed E-state index contributed by atoms with van der Waals surface area (Å²) in [7, 11) is 0. The number of rotatable bonds is 2. The standard InChI is InChI=1S/C3H6GeO/c1-2-3-4-5/h2,4H,1,3H2. The van der Waals surface area contributed by atoms with Crippen LogP contribution in [0.5, 0.6) is 0 Å². The van der Waals surface area contributed by atoms with Gasteiger partial charge in [-0.3, -0.25) is 0 Å². The van der Waals surface area contributed by atoms with Crippen LogP contribution in [0.2, 0.25) is 5.25 Å². The van der Waals surface area contributed by atoms with Crippen LogP contribution in [0.1, 0.15) is 0 Å². The van der Waals surface area contributed by atoms with Gasteiger partial charge in [-0.1, -0.05) is 0 Å². The summed E-state index contributed by atoms with van der Waals surface area (Å²) in [6, 6.07) is 0. The van der Waals surface area contributed by atoms with Crippen molar-refractivity contribution in [3.63, 3.8) is 0 Å². The van der Waals surface area contributed by atoms with Crippen molar-refractivity contribution in [2.75, 3.05) is 0 Å². The average molecular weight is 131 g/mol. The van der Waals surface area contributed by atoms with E-state index in [4.69, 9.17) is 0 Å². The van der Waals surface area contributed by atoms with Gasteiger partial charge in [-0.15, -0.1) is 0 Å². The topological polar surface area (TPSA) is 17.1 Å². The molecule has 0 aromatic heterocycles. The predicted molar refractivity (Wildman–Crippen MR) is 22.8 cm³/mol. The molecule has 0 saturated heterocycles. The number of hydrogen-bond acceptors (Lipinski definition) is 1. The van der Waals surface area contributed by atoms with Crippen LogP contribution >= 0.6 is 0 Å². The van der Waals surface area contributed by atoms with Crippen molar-refractivity contribution in [1.82, 2.24) is 0 Å². The van der Waals surface area contributed by atoms with Gasteiger partial charge in [-0.2, -0.15) is 0 Å². The summed E-state index contributed by atoms with van der Waals surface area (Å²) in [6.45, 7) is 3.39. The average Bonchev–Trinajstić information content (AvgIpc) is 1.41. The minimum absolute atomic E-state index is 0.753. The number of hydrogen-bond donors (Lipinski definition) is 0. The third kappa shape index (κ3) is 4.08. The molecule has 0 aliphatic carbocycles. The van der Waals surface area contributed by atoms with Gasteiger partial charge in [-0.25, -0.2) is 0 Å². The van der Waals surface area contributed by atoms with Crippen molar-refractivity contribution in [2.45, 2.75) is 5.25 Å². The van der Waals surface area contributed by atoms with Crippen LogP contribution in [0, 0.1) is 0 Å². The van der Waals surface area contributed by atoms with Crippen molar-refractivity contribution in [3.8, 4) is 0 Å². The Morgan fingerprint density at radius 1 is 2.00 bits per heavy atom. The van der Waals surface area contributed by atoms with E-state index >= 15 is 0 Å². The Balaban J connectivity index is 2.65. The van der Waals surface area contributed by atoms with Gasteiger partial charge < -0.3 is 0 Å². The first kappa shape index (κ1) is 5.08. The summed E-state index contributed by atoms with van der Waals surface area (Å²) in [5.74, 6) is 0. The Labute approximate surface area is 37.8 Å². The molecule has 0 fully saturated rings. The second kappa shape index (κ2) is 4.08. The summed E-state index contributed by atoms with van der Waals surface area (Å²) in [6.07, 6.45) is 1.69. The fraction of sp³-hybridized carbons (Fsp3) is 0.333. The van der Waals surface area contributed by atoms with Crippen LogP contribution in [-0.4, -0.2) is 15.4 Å². The van der Waals surface area contributed by atoms with Crippen molar-refractivity contribution >= 4 is 15.4 Å². The molecule has 28 valence electrons. The third-order valence-electron chi connectivity index (χ3n) is 0.263. The van der Waals surface area contributed by atoms with Crippen LogP contribution in [0.4, 0.5) is 0 Å². The second-order valence-electron chi connectivity index (χ2n) is 0.691. The van der Waals surface area contributed by atoms with Gasteiger partial charge in [0.15, 0.2) is 0 Å². The van der Waals surface area contributed by atoms with E-state index in [9.17, 15) is 3.78 Å². The molecule has 5 heavy (non-hydrogen) atoms. The molecule has 0 saturated carbocycles. The van der Waals surface area contributed by atoms with Gasteiger partial charge in [0.25, 0.3) is 0 Å². The van der Waals surface area contributed by atoms with Gasteiger partial charge in [-0.05, 0) is 0 Å². The maximum atomic E-state index is 9.61. The minimum atomic E-state index is -1.07. The fourth-order valence-electron chi connectivity index (χ4n) is 0.0680. The first-order valence-corrected chi connectivity index (χ1v) is 4.16. The zero-order chi connectivity index (χ0) is 4.12. The van der Waals surface area contributed by atoms with Crippen molar-refractivity contribution in [2.24, 2.45) is 0 Å². The van der Waals surface area contributed by atoms with Crippen molar-refractivity contribution in [1.29, 1.82) is 0 Å². The Hall–Kier alpha value is 0.0829. The molecule has 0 rings (SSSR count). The van der Waals surface area contributed by atoms with Gasteiger partial charge >= 0.3 is 37.1 Å². The molecule has 0 aromatic rings. The fourth-order valence-corrected chi connectivity index (χ4v) is 0.354. The normalized spacial score (nSPS) is 6.40. The molecule has 0 amide bonds.